The maximum atomic E-state index is 11.8. The highest BCUT2D eigenvalue weighted by Crippen LogP contribution is 2.41. The Hall–Kier alpha value is -0.830. The molecular weight excluding hydrogens is 266 g/mol. The number of amides is 1. The molecule has 1 fully saturated rings. The van der Waals surface area contributed by atoms with Crippen LogP contribution in [0.4, 0.5) is 0 Å². The average Bonchev–Trinajstić information content (AvgIpc) is 3.11. The molecule has 0 saturated heterocycles. The molecule has 16 heavy (non-hydrogen) atoms. The van der Waals surface area contributed by atoms with Crippen LogP contribution in [-0.2, 0) is 4.79 Å². The van der Waals surface area contributed by atoms with Gasteiger partial charge in [-0.05, 0) is 29.9 Å². The third kappa shape index (κ3) is 2.46. The predicted molar refractivity (Wildman–Crippen MR) is 68.8 cm³/mol. The second-order valence-corrected chi connectivity index (χ2v) is 5.46. The van der Waals surface area contributed by atoms with E-state index in [0.29, 0.717) is 0 Å². The van der Waals surface area contributed by atoms with E-state index in [1.54, 1.807) is 19.0 Å². The molecule has 0 radical (unpaired) electrons. The van der Waals surface area contributed by atoms with E-state index in [0.717, 1.165) is 11.5 Å². The minimum Gasteiger partial charge on any atom is -0.348 e. The number of likely N-dealkylation sites (N-methyl/N-ethyl adjacent to an activating group) is 1. The third-order valence-electron chi connectivity index (χ3n) is 2.91. The average molecular weight is 282 g/mol. The van der Waals surface area contributed by atoms with Gasteiger partial charge in [-0.15, -0.1) is 0 Å². The third-order valence-corrected chi connectivity index (χ3v) is 3.83. The van der Waals surface area contributed by atoms with Gasteiger partial charge in [-0.3, -0.25) is 4.79 Å². The van der Waals surface area contributed by atoms with E-state index in [2.05, 4.69) is 28.1 Å². The zero-order valence-electron chi connectivity index (χ0n) is 9.61. The van der Waals surface area contributed by atoms with E-state index in [1.807, 2.05) is 12.1 Å². The Morgan fingerprint density at radius 2 is 2.12 bits per heavy atom. The minimum atomic E-state index is -0.221. The van der Waals surface area contributed by atoms with E-state index < -0.39 is 0 Å². The molecule has 1 aromatic rings. The summed E-state index contributed by atoms with van der Waals surface area (Å²) in [6.45, 7) is 0. The van der Waals surface area contributed by atoms with Gasteiger partial charge in [0.1, 0.15) is 4.83 Å². The first-order valence-corrected chi connectivity index (χ1v) is 6.46. The number of nitrogens with zero attached hydrogens (tertiary/aromatic N) is 1. The molecule has 2 nitrogen and oxygen atoms in total. The lowest BCUT2D eigenvalue weighted by molar-refractivity contribution is -0.128. The molecule has 1 unspecified atom stereocenters. The topological polar surface area (TPSA) is 20.3 Å². The highest BCUT2D eigenvalue weighted by molar-refractivity contribution is 9.09. The summed E-state index contributed by atoms with van der Waals surface area (Å²) in [6, 6.07) is 8.35. The molecule has 1 saturated carbocycles. The van der Waals surface area contributed by atoms with Gasteiger partial charge in [0.15, 0.2) is 0 Å². The largest absolute Gasteiger partial charge is 0.348 e. The van der Waals surface area contributed by atoms with Crippen LogP contribution in [0.1, 0.15) is 34.7 Å². The highest BCUT2D eigenvalue weighted by atomic mass is 79.9. The van der Waals surface area contributed by atoms with Gasteiger partial charge in [-0.2, -0.15) is 0 Å². The number of carbonyl (C=O) groups excluding carboxylic acids is 1. The van der Waals surface area contributed by atoms with E-state index in [4.69, 9.17) is 0 Å². The smallest absolute Gasteiger partial charge is 0.240 e. The Morgan fingerprint density at radius 1 is 1.44 bits per heavy atom. The summed E-state index contributed by atoms with van der Waals surface area (Å²) in [6.07, 6.45) is 2.58. The lowest BCUT2D eigenvalue weighted by Crippen LogP contribution is -2.25. The molecule has 1 amide bonds. The number of halogens is 1. The van der Waals surface area contributed by atoms with Gasteiger partial charge in [0.05, 0.1) is 0 Å². The molecule has 0 heterocycles. The summed E-state index contributed by atoms with van der Waals surface area (Å²) in [5.41, 5.74) is 2.43. The van der Waals surface area contributed by atoms with Crippen molar-refractivity contribution in [1.29, 1.82) is 0 Å². The Kier molecular flexibility index (Phi) is 3.33. The predicted octanol–water partition coefficient (Wildman–Crippen LogP) is 3.09. The maximum Gasteiger partial charge on any atom is 0.240 e. The summed E-state index contributed by atoms with van der Waals surface area (Å²) in [7, 11) is 3.56. The second kappa shape index (κ2) is 4.58. The molecule has 1 aromatic carbocycles. The van der Waals surface area contributed by atoms with E-state index in [9.17, 15) is 4.79 Å². The first-order chi connectivity index (χ1) is 7.59. The van der Waals surface area contributed by atoms with Crippen LogP contribution >= 0.6 is 15.9 Å². The molecule has 1 atom stereocenters. The van der Waals surface area contributed by atoms with Crippen LogP contribution < -0.4 is 0 Å². The lowest BCUT2D eigenvalue weighted by atomic mass is 10.0. The summed E-state index contributed by atoms with van der Waals surface area (Å²) in [4.78, 5) is 13.2. The van der Waals surface area contributed by atoms with Crippen LogP contribution in [0, 0.1) is 0 Å². The summed E-state index contributed by atoms with van der Waals surface area (Å²) in [5.74, 6) is 0.821. The molecule has 3 heteroatoms. The van der Waals surface area contributed by atoms with Gasteiger partial charge in [-0.1, -0.05) is 40.2 Å². The number of alkyl halides is 1. The number of hydrogen-bond acceptors (Lipinski definition) is 1. The van der Waals surface area contributed by atoms with Crippen molar-refractivity contribution in [3.05, 3.63) is 35.4 Å². The molecule has 1 aliphatic rings. The van der Waals surface area contributed by atoms with Crippen molar-refractivity contribution in [3.8, 4) is 0 Å². The van der Waals surface area contributed by atoms with E-state index >= 15 is 0 Å². The molecule has 0 aliphatic heterocycles. The van der Waals surface area contributed by atoms with Crippen molar-refractivity contribution in [2.75, 3.05) is 14.1 Å². The maximum absolute atomic E-state index is 11.8. The monoisotopic (exact) mass is 281 g/mol. The van der Waals surface area contributed by atoms with Gasteiger partial charge in [0, 0.05) is 14.1 Å². The van der Waals surface area contributed by atoms with E-state index in [-0.39, 0.29) is 10.7 Å². The van der Waals surface area contributed by atoms with Gasteiger partial charge in [0.25, 0.3) is 0 Å². The fraction of sp³-hybridized carbons (Fsp3) is 0.462. The van der Waals surface area contributed by atoms with Crippen molar-refractivity contribution >= 4 is 21.8 Å². The number of carbonyl (C=O) groups is 1. The first-order valence-electron chi connectivity index (χ1n) is 5.54. The van der Waals surface area contributed by atoms with Crippen LogP contribution in [-0.4, -0.2) is 24.9 Å². The number of hydrogen-bond donors (Lipinski definition) is 0. The summed E-state index contributed by atoms with van der Waals surface area (Å²) in [5, 5.41) is 0. The van der Waals surface area contributed by atoms with Crippen molar-refractivity contribution in [3.63, 3.8) is 0 Å². The molecule has 2 rings (SSSR count). The molecule has 0 aromatic heterocycles. The lowest BCUT2D eigenvalue weighted by Gasteiger charge is -2.16. The SMILES string of the molecule is CN(C)C(=O)C(Br)c1cccc(C2CC2)c1. The Morgan fingerprint density at radius 3 is 2.69 bits per heavy atom. The van der Waals surface area contributed by atoms with Crippen LogP contribution in [0.2, 0.25) is 0 Å². The minimum absolute atomic E-state index is 0.0907. The van der Waals surface area contributed by atoms with Crippen molar-refractivity contribution < 1.29 is 4.79 Å². The standard InChI is InChI=1S/C13H16BrNO/c1-15(2)13(16)12(14)11-5-3-4-10(8-11)9-6-7-9/h3-5,8-9,12H,6-7H2,1-2H3. The van der Waals surface area contributed by atoms with E-state index in [1.165, 1.54) is 18.4 Å². The van der Waals surface area contributed by atoms with Gasteiger partial charge < -0.3 is 4.90 Å². The molecule has 0 N–H and O–H groups in total. The number of rotatable bonds is 3. The highest BCUT2D eigenvalue weighted by Gasteiger charge is 2.25. The van der Waals surface area contributed by atoms with Crippen LogP contribution in [0.5, 0.6) is 0 Å². The Balaban J connectivity index is 2.19. The first kappa shape index (κ1) is 11.6. The summed E-state index contributed by atoms with van der Waals surface area (Å²) < 4.78 is 0. The molecule has 0 bridgehead atoms. The zero-order valence-corrected chi connectivity index (χ0v) is 11.2. The van der Waals surface area contributed by atoms with Crippen molar-refractivity contribution in [1.82, 2.24) is 4.90 Å². The fourth-order valence-corrected chi connectivity index (χ4v) is 2.45. The van der Waals surface area contributed by atoms with Crippen molar-refractivity contribution in [2.45, 2.75) is 23.6 Å². The quantitative estimate of drug-likeness (QED) is 0.780. The molecule has 0 spiro atoms. The Bertz CT molecular complexity index is 399. The van der Waals surface area contributed by atoms with Crippen LogP contribution in [0.3, 0.4) is 0 Å². The van der Waals surface area contributed by atoms with Crippen LogP contribution in [0.25, 0.3) is 0 Å². The van der Waals surface area contributed by atoms with Gasteiger partial charge >= 0.3 is 0 Å². The number of benzene rings is 1. The van der Waals surface area contributed by atoms with Gasteiger partial charge in [0.2, 0.25) is 5.91 Å². The summed E-state index contributed by atoms with van der Waals surface area (Å²) >= 11 is 3.46. The zero-order chi connectivity index (χ0) is 11.7. The molecular formula is C13H16BrNO. The van der Waals surface area contributed by atoms with Crippen LogP contribution in [0.15, 0.2) is 24.3 Å². The Labute approximate surface area is 105 Å². The fourth-order valence-electron chi connectivity index (χ4n) is 1.76. The van der Waals surface area contributed by atoms with Crippen molar-refractivity contribution in [2.24, 2.45) is 0 Å². The normalized spacial score (nSPS) is 16.9. The van der Waals surface area contributed by atoms with Gasteiger partial charge in [-0.25, -0.2) is 0 Å². The second-order valence-electron chi connectivity index (χ2n) is 4.54. The molecule has 86 valence electrons. The molecule has 1 aliphatic carbocycles.